The van der Waals surface area contributed by atoms with Gasteiger partial charge in [-0.1, -0.05) is 42.1 Å². The predicted octanol–water partition coefficient (Wildman–Crippen LogP) is 4.08. The lowest BCUT2D eigenvalue weighted by Gasteiger charge is -2.18. The molecule has 6 nitrogen and oxygen atoms in total. The Labute approximate surface area is 173 Å². The zero-order valence-corrected chi connectivity index (χ0v) is 17.2. The van der Waals surface area contributed by atoms with Gasteiger partial charge in [0.25, 0.3) is 5.56 Å². The van der Waals surface area contributed by atoms with Crippen LogP contribution < -0.4 is 5.56 Å². The summed E-state index contributed by atoms with van der Waals surface area (Å²) < 4.78 is 8.87. The first-order chi connectivity index (χ1) is 14.2. The van der Waals surface area contributed by atoms with Gasteiger partial charge in [-0.2, -0.15) is 5.10 Å². The Morgan fingerprint density at radius 2 is 1.86 bits per heavy atom. The number of ether oxygens (including phenoxy) is 1. The highest BCUT2D eigenvalue weighted by molar-refractivity contribution is 7.98. The molecule has 0 aliphatic carbocycles. The van der Waals surface area contributed by atoms with Crippen LogP contribution in [0.3, 0.4) is 0 Å². The first-order valence-electron chi connectivity index (χ1n) is 9.39. The summed E-state index contributed by atoms with van der Waals surface area (Å²) in [5.41, 5.74) is 2.74. The molecule has 0 bridgehead atoms. The highest BCUT2D eigenvalue weighted by atomic mass is 32.2. The summed E-state index contributed by atoms with van der Waals surface area (Å²) in [6.07, 6.45) is 3.85. The monoisotopic (exact) mass is 406 g/mol. The second-order valence-electron chi connectivity index (χ2n) is 6.81. The number of hydrogen-bond donors (Lipinski definition) is 0. The summed E-state index contributed by atoms with van der Waals surface area (Å²) in [5.74, 6) is 0.664. The maximum Gasteiger partial charge on any atom is 0.262 e. The van der Waals surface area contributed by atoms with Gasteiger partial charge in [-0.05, 0) is 31.2 Å². The number of rotatable bonds is 7. The third-order valence-electron chi connectivity index (χ3n) is 4.65. The smallest absolute Gasteiger partial charge is 0.262 e. The maximum atomic E-state index is 13.1. The molecule has 0 spiro atoms. The molecule has 0 aliphatic heterocycles. The molecule has 148 valence electrons. The van der Waals surface area contributed by atoms with Crippen LogP contribution in [0, 0.1) is 0 Å². The summed E-state index contributed by atoms with van der Waals surface area (Å²) in [6.45, 7) is 2.41. The fraction of sp³-hybridized carbons (Fsp3) is 0.227. The minimum absolute atomic E-state index is 0.0392. The van der Waals surface area contributed by atoms with Crippen LogP contribution >= 0.6 is 11.8 Å². The van der Waals surface area contributed by atoms with Crippen LogP contribution in [0.5, 0.6) is 0 Å². The zero-order valence-electron chi connectivity index (χ0n) is 16.4. The number of fused-ring (bicyclic) bond motifs is 1. The van der Waals surface area contributed by atoms with Crippen LogP contribution in [0.15, 0.2) is 76.9 Å². The van der Waals surface area contributed by atoms with Crippen LogP contribution in [0.2, 0.25) is 0 Å². The van der Waals surface area contributed by atoms with Gasteiger partial charge in [0.2, 0.25) is 0 Å². The second-order valence-corrected chi connectivity index (χ2v) is 7.75. The molecule has 4 aromatic rings. The van der Waals surface area contributed by atoms with E-state index in [0.29, 0.717) is 28.4 Å². The van der Waals surface area contributed by atoms with Gasteiger partial charge in [-0.15, -0.1) is 0 Å². The molecule has 4 rings (SSSR count). The van der Waals surface area contributed by atoms with E-state index in [9.17, 15) is 4.79 Å². The highest BCUT2D eigenvalue weighted by Gasteiger charge is 2.17. The fourth-order valence-electron chi connectivity index (χ4n) is 3.24. The van der Waals surface area contributed by atoms with Crippen molar-refractivity contribution < 1.29 is 4.74 Å². The Kier molecular flexibility index (Phi) is 5.78. The molecule has 0 amide bonds. The lowest BCUT2D eigenvalue weighted by atomic mass is 10.2. The third-order valence-corrected chi connectivity index (χ3v) is 5.67. The molecule has 1 atom stereocenters. The average Bonchev–Trinajstić information content (AvgIpc) is 3.22. The Hall–Kier alpha value is -2.90. The van der Waals surface area contributed by atoms with E-state index in [1.165, 1.54) is 11.8 Å². The molecule has 7 heteroatoms. The Morgan fingerprint density at radius 1 is 1.10 bits per heavy atom. The summed E-state index contributed by atoms with van der Waals surface area (Å²) >= 11 is 1.53. The molecular formula is C22H22N4O2S. The maximum absolute atomic E-state index is 13.1. The van der Waals surface area contributed by atoms with Crippen molar-refractivity contribution in [3.8, 4) is 5.69 Å². The normalized spacial score (nSPS) is 12.3. The van der Waals surface area contributed by atoms with Gasteiger partial charge >= 0.3 is 0 Å². The summed E-state index contributed by atoms with van der Waals surface area (Å²) in [5, 5.41) is 5.76. The van der Waals surface area contributed by atoms with E-state index < -0.39 is 0 Å². The van der Waals surface area contributed by atoms with Crippen molar-refractivity contribution in [3.05, 3.63) is 82.9 Å². The standard InChI is InChI=1S/C22H22N4O2S/c1-16(14-28-2)26-21(27)19-10-6-7-11-20(19)24-22(26)29-15-17-12-23-25(13-17)18-8-4-3-5-9-18/h3-13,16H,14-15H2,1-2H3/t16-/m0/s1. The van der Waals surface area contributed by atoms with E-state index in [1.54, 1.807) is 11.7 Å². The first kappa shape index (κ1) is 19.4. The molecule has 0 fully saturated rings. The molecule has 2 heterocycles. The van der Waals surface area contributed by atoms with Gasteiger partial charge in [0.1, 0.15) is 0 Å². The molecule has 0 aliphatic rings. The number of methoxy groups -OCH3 is 1. The van der Waals surface area contributed by atoms with E-state index >= 15 is 0 Å². The predicted molar refractivity (Wildman–Crippen MR) is 116 cm³/mol. The lowest BCUT2D eigenvalue weighted by Crippen LogP contribution is -2.28. The Morgan fingerprint density at radius 3 is 2.66 bits per heavy atom. The quantitative estimate of drug-likeness (QED) is 0.342. The molecular weight excluding hydrogens is 384 g/mol. The van der Waals surface area contributed by atoms with Crippen LogP contribution in [0.25, 0.3) is 16.6 Å². The molecule has 0 unspecified atom stereocenters. The molecule has 0 saturated carbocycles. The van der Waals surface area contributed by atoms with Crippen LogP contribution in [-0.4, -0.2) is 33.0 Å². The number of benzene rings is 2. The summed E-state index contributed by atoms with van der Waals surface area (Å²) in [6, 6.07) is 17.3. The fourth-order valence-corrected chi connectivity index (χ4v) is 4.25. The highest BCUT2D eigenvalue weighted by Crippen LogP contribution is 2.25. The lowest BCUT2D eigenvalue weighted by molar-refractivity contribution is 0.156. The van der Waals surface area contributed by atoms with Gasteiger partial charge in [0.05, 0.1) is 35.4 Å². The topological polar surface area (TPSA) is 61.9 Å². The van der Waals surface area contributed by atoms with Crippen molar-refractivity contribution in [1.82, 2.24) is 19.3 Å². The number of hydrogen-bond acceptors (Lipinski definition) is 5. The number of para-hydroxylation sites is 2. The number of aromatic nitrogens is 4. The summed E-state index contributed by atoms with van der Waals surface area (Å²) in [7, 11) is 1.64. The first-order valence-corrected chi connectivity index (χ1v) is 10.4. The zero-order chi connectivity index (χ0) is 20.2. The van der Waals surface area contributed by atoms with E-state index in [1.807, 2.05) is 78.6 Å². The largest absolute Gasteiger partial charge is 0.383 e. The number of thioether (sulfide) groups is 1. The van der Waals surface area contributed by atoms with Crippen LogP contribution in [0.4, 0.5) is 0 Å². The minimum Gasteiger partial charge on any atom is -0.383 e. The summed E-state index contributed by atoms with van der Waals surface area (Å²) in [4.78, 5) is 17.9. The van der Waals surface area contributed by atoms with Crippen molar-refractivity contribution in [1.29, 1.82) is 0 Å². The average molecular weight is 407 g/mol. The molecule has 2 aromatic heterocycles. The molecule has 0 radical (unpaired) electrons. The minimum atomic E-state index is -0.112. The second kappa shape index (κ2) is 8.63. The third kappa shape index (κ3) is 4.11. The van der Waals surface area contributed by atoms with Gasteiger partial charge < -0.3 is 4.74 Å². The Bertz CT molecular complexity index is 1170. The number of nitrogens with zero attached hydrogens (tertiary/aromatic N) is 4. The van der Waals surface area contributed by atoms with Gasteiger partial charge in [0, 0.05) is 24.6 Å². The van der Waals surface area contributed by atoms with E-state index in [2.05, 4.69) is 5.10 Å². The molecule has 2 aromatic carbocycles. The van der Waals surface area contributed by atoms with Crippen molar-refractivity contribution in [2.24, 2.45) is 0 Å². The van der Waals surface area contributed by atoms with E-state index in [-0.39, 0.29) is 11.6 Å². The molecule has 0 N–H and O–H groups in total. The van der Waals surface area contributed by atoms with Crippen molar-refractivity contribution in [3.63, 3.8) is 0 Å². The van der Waals surface area contributed by atoms with Gasteiger partial charge in [0.15, 0.2) is 5.16 Å². The van der Waals surface area contributed by atoms with E-state index in [4.69, 9.17) is 9.72 Å². The molecule has 29 heavy (non-hydrogen) atoms. The van der Waals surface area contributed by atoms with Crippen LogP contribution in [-0.2, 0) is 10.5 Å². The van der Waals surface area contributed by atoms with Crippen molar-refractivity contribution >= 4 is 22.7 Å². The van der Waals surface area contributed by atoms with Crippen LogP contribution in [0.1, 0.15) is 18.5 Å². The van der Waals surface area contributed by atoms with Crippen molar-refractivity contribution in [2.75, 3.05) is 13.7 Å². The van der Waals surface area contributed by atoms with Crippen molar-refractivity contribution in [2.45, 2.75) is 23.9 Å². The molecule has 0 saturated heterocycles. The van der Waals surface area contributed by atoms with Gasteiger partial charge in [-0.3, -0.25) is 9.36 Å². The SMILES string of the molecule is COC[C@H](C)n1c(SCc2cnn(-c3ccccc3)c2)nc2ccccc2c1=O. The van der Waals surface area contributed by atoms with E-state index in [0.717, 1.165) is 11.3 Å². The Balaban J connectivity index is 1.64. The van der Waals surface area contributed by atoms with Gasteiger partial charge in [-0.25, -0.2) is 9.67 Å².